The van der Waals surface area contributed by atoms with Gasteiger partial charge in [-0.3, -0.25) is 4.57 Å². The Hall–Kier alpha value is -3.91. The summed E-state index contributed by atoms with van der Waals surface area (Å²) < 4.78 is 13.2. The molecule has 0 saturated carbocycles. The topological polar surface area (TPSA) is 78.9 Å². The van der Waals surface area contributed by atoms with Crippen molar-refractivity contribution in [3.05, 3.63) is 102 Å². The van der Waals surface area contributed by atoms with Crippen molar-refractivity contribution >= 4 is 11.8 Å². The van der Waals surface area contributed by atoms with E-state index in [1.54, 1.807) is 0 Å². The normalized spacial score (nSPS) is 11.0. The summed E-state index contributed by atoms with van der Waals surface area (Å²) in [5.41, 5.74) is 4.21. The molecule has 0 bridgehead atoms. The smallest absolute Gasteiger partial charge is 0.237 e. The Kier molecular flexibility index (Phi) is 6.90. The first-order valence-electron chi connectivity index (χ1n) is 11.4. The Morgan fingerprint density at radius 2 is 1.69 bits per heavy atom. The first-order chi connectivity index (χ1) is 17.2. The second kappa shape index (κ2) is 10.6. The number of thioether (sulfide) groups is 1. The highest BCUT2D eigenvalue weighted by Gasteiger charge is 2.17. The van der Waals surface area contributed by atoms with Gasteiger partial charge in [0.2, 0.25) is 11.7 Å². The molecule has 7 nitrogen and oxygen atoms in total. The third-order valence-corrected chi connectivity index (χ3v) is 6.40. The van der Waals surface area contributed by atoms with E-state index in [-0.39, 0.29) is 0 Å². The molecule has 5 rings (SSSR count). The SMILES string of the molecule is CCOc1ccc(-n2c(Cc3ccccc3)nnc2SCc2nc(-c3ccccc3C)no2)cc1. The molecule has 0 aliphatic rings. The van der Waals surface area contributed by atoms with Crippen LogP contribution >= 0.6 is 11.8 Å². The fourth-order valence-corrected chi connectivity index (χ4v) is 4.59. The number of hydrogen-bond donors (Lipinski definition) is 0. The van der Waals surface area contributed by atoms with Gasteiger partial charge in [0.25, 0.3) is 0 Å². The summed E-state index contributed by atoms with van der Waals surface area (Å²) in [5.74, 6) is 3.31. The molecule has 2 aromatic heterocycles. The molecule has 8 heteroatoms. The number of benzene rings is 3. The Bertz CT molecular complexity index is 1400. The Morgan fingerprint density at radius 3 is 2.46 bits per heavy atom. The molecule has 0 aliphatic carbocycles. The summed E-state index contributed by atoms with van der Waals surface area (Å²) in [5, 5.41) is 13.9. The zero-order valence-corrected chi connectivity index (χ0v) is 20.4. The van der Waals surface area contributed by atoms with E-state index in [0.29, 0.717) is 30.5 Å². The van der Waals surface area contributed by atoms with Crippen molar-refractivity contribution in [2.24, 2.45) is 0 Å². The van der Waals surface area contributed by atoms with Gasteiger partial charge >= 0.3 is 0 Å². The van der Waals surface area contributed by atoms with Gasteiger partial charge in [-0.05, 0) is 49.2 Å². The Morgan fingerprint density at radius 1 is 0.914 bits per heavy atom. The first-order valence-corrected chi connectivity index (χ1v) is 12.4. The maximum absolute atomic E-state index is 5.61. The van der Waals surface area contributed by atoms with Crippen molar-refractivity contribution in [2.45, 2.75) is 31.2 Å². The largest absolute Gasteiger partial charge is 0.494 e. The van der Waals surface area contributed by atoms with Gasteiger partial charge in [0.15, 0.2) is 5.16 Å². The molecule has 0 N–H and O–H groups in total. The number of nitrogens with zero attached hydrogens (tertiary/aromatic N) is 5. The Labute approximate surface area is 208 Å². The van der Waals surface area contributed by atoms with Crippen LogP contribution in [-0.2, 0) is 12.2 Å². The summed E-state index contributed by atoms with van der Waals surface area (Å²) in [7, 11) is 0. The zero-order chi connectivity index (χ0) is 24.0. The lowest BCUT2D eigenvalue weighted by atomic mass is 10.1. The van der Waals surface area contributed by atoms with Crippen molar-refractivity contribution in [3.8, 4) is 22.8 Å². The van der Waals surface area contributed by atoms with E-state index in [4.69, 9.17) is 9.26 Å². The van der Waals surface area contributed by atoms with Crippen molar-refractivity contribution in [1.29, 1.82) is 0 Å². The fraction of sp³-hybridized carbons (Fsp3) is 0.185. The maximum atomic E-state index is 5.61. The molecule has 5 aromatic rings. The molecule has 0 spiro atoms. The molecule has 35 heavy (non-hydrogen) atoms. The fourth-order valence-electron chi connectivity index (χ4n) is 3.78. The lowest BCUT2D eigenvalue weighted by molar-refractivity contribution is 0.340. The molecule has 0 unspecified atom stereocenters. The van der Waals surface area contributed by atoms with Gasteiger partial charge < -0.3 is 9.26 Å². The molecule has 3 aromatic carbocycles. The van der Waals surface area contributed by atoms with E-state index < -0.39 is 0 Å². The molecule has 176 valence electrons. The van der Waals surface area contributed by atoms with E-state index in [1.165, 1.54) is 17.3 Å². The van der Waals surface area contributed by atoms with Gasteiger partial charge in [-0.25, -0.2) is 0 Å². The molecule has 2 heterocycles. The third kappa shape index (κ3) is 5.27. The van der Waals surface area contributed by atoms with Crippen LogP contribution in [-0.4, -0.2) is 31.5 Å². The molecular formula is C27H25N5O2S. The Balaban J connectivity index is 1.41. The molecule has 0 fully saturated rings. The average Bonchev–Trinajstić information content (AvgIpc) is 3.51. The van der Waals surface area contributed by atoms with E-state index in [0.717, 1.165) is 33.5 Å². The molecular weight excluding hydrogens is 458 g/mol. The van der Waals surface area contributed by atoms with Crippen LogP contribution < -0.4 is 4.74 Å². The van der Waals surface area contributed by atoms with E-state index >= 15 is 0 Å². The lowest BCUT2D eigenvalue weighted by Crippen LogP contribution is -2.04. The van der Waals surface area contributed by atoms with Gasteiger partial charge in [-0.1, -0.05) is 71.5 Å². The van der Waals surface area contributed by atoms with Crippen LogP contribution in [0.15, 0.2) is 88.5 Å². The second-order valence-electron chi connectivity index (χ2n) is 7.94. The highest BCUT2D eigenvalue weighted by molar-refractivity contribution is 7.98. The average molecular weight is 484 g/mol. The molecule has 0 saturated heterocycles. The number of hydrogen-bond acceptors (Lipinski definition) is 7. The van der Waals surface area contributed by atoms with E-state index in [2.05, 4.69) is 37.0 Å². The van der Waals surface area contributed by atoms with Crippen molar-refractivity contribution in [1.82, 2.24) is 24.9 Å². The quantitative estimate of drug-likeness (QED) is 0.241. The zero-order valence-electron chi connectivity index (χ0n) is 19.6. The van der Waals surface area contributed by atoms with E-state index in [9.17, 15) is 0 Å². The lowest BCUT2D eigenvalue weighted by Gasteiger charge is -2.11. The standard InChI is InChI=1S/C27H25N5O2S/c1-3-33-22-15-13-21(14-16-22)32-24(17-20-10-5-4-6-11-20)29-30-27(32)35-18-25-28-26(31-34-25)23-12-8-7-9-19(23)2/h4-16H,3,17-18H2,1-2H3. The number of aryl methyl sites for hydroxylation is 1. The first kappa shape index (κ1) is 22.9. The predicted molar refractivity (Wildman–Crippen MR) is 136 cm³/mol. The van der Waals surface area contributed by atoms with Gasteiger partial charge in [0.05, 0.1) is 12.4 Å². The highest BCUT2D eigenvalue weighted by atomic mass is 32.2. The number of ether oxygens (including phenoxy) is 1. The highest BCUT2D eigenvalue weighted by Crippen LogP contribution is 2.28. The summed E-state index contributed by atoms with van der Waals surface area (Å²) in [6.07, 6.45) is 0.666. The van der Waals surface area contributed by atoms with Crippen LogP contribution in [0.2, 0.25) is 0 Å². The summed E-state index contributed by atoms with van der Waals surface area (Å²) in [6.45, 7) is 4.64. The molecule has 0 aliphatic heterocycles. The van der Waals surface area contributed by atoms with Crippen LogP contribution in [0.4, 0.5) is 0 Å². The van der Waals surface area contributed by atoms with Gasteiger partial charge in [-0.2, -0.15) is 4.98 Å². The van der Waals surface area contributed by atoms with Gasteiger partial charge in [-0.15, -0.1) is 10.2 Å². The van der Waals surface area contributed by atoms with Gasteiger partial charge in [0, 0.05) is 17.7 Å². The molecule has 0 radical (unpaired) electrons. The van der Waals surface area contributed by atoms with Crippen LogP contribution in [0.3, 0.4) is 0 Å². The minimum atomic E-state index is 0.485. The van der Waals surface area contributed by atoms with Crippen molar-refractivity contribution in [3.63, 3.8) is 0 Å². The van der Waals surface area contributed by atoms with Crippen LogP contribution in [0.5, 0.6) is 5.75 Å². The van der Waals surface area contributed by atoms with Crippen LogP contribution in [0.25, 0.3) is 17.1 Å². The van der Waals surface area contributed by atoms with Crippen molar-refractivity contribution in [2.75, 3.05) is 6.61 Å². The summed E-state index contributed by atoms with van der Waals surface area (Å²) in [4.78, 5) is 4.59. The minimum absolute atomic E-state index is 0.485. The number of rotatable bonds is 9. The summed E-state index contributed by atoms with van der Waals surface area (Å²) >= 11 is 1.52. The predicted octanol–water partition coefficient (Wildman–Crippen LogP) is 5.91. The minimum Gasteiger partial charge on any atom is -0.494 e. The summed E-state index contributed by atoms with van der Waals surface area (Å²) in [6, 6.07) is 26.2. The van der Waals surface area contributed by atoms with Crippen LogP contribution in [0, 0.1) is 6.92 Å². The van der Waals surface area contributed by atoms with E-state index in [1.807, 2.05) is 80.6 Å². The second-order valence-corrected chi connectivity index (χ2v) is 8.88. The molecule has 0 amide bonds. The van der Waals surface area contributed by atoms with Crippen LogP contribution in [0.1, 0.15) is 29.8 Å². The third-order valence-electron chi connectivity index (χ3n) is 5.49. The monoisotopic (exact) mass is 483 g/mol. The van der Waals surface area contributed by atoms with Gasteiger partial charge in [0.1, 0.15) is 11.6 Å². The van der Waals surface area contributed by atoms with Crippen molar-refractivity contribution < 1.29 is 9.26 Å². The number of aromatic nitrogens is 5. The molecule has 0 atom stereocenters. The maximum Gasteiger partial charge on any atom is 0.237 e.